The number of para-hydroxylation sites is 2. The predicted molar refractivity (Wildman–Crippen MR) is 81.2 cm³/mol. The maximum atomic E-state index is 12.5. The van der Waals surface area contributed by atoms with E-state index >= 15 is 0 Å². The number of ether oxygens (including phenoxy) is 1. The van der Waals surface area contributed by atoms with Crippen molar-refractivity contribution in [3.63, 3.8) is 0 Å². The molecular formula is C16H17N3O3. The Morgan fingerprint density at radius 3 is 3.05 bits per heavy atom. The van der Waals surface area contributed by atoms with E-state index in [0.717, 1.165) is 5.69 Å². The molecule has 1 aromatic carbocycles. The van der Waals surface area contributed by atoms with Crippen LogP contribution < -0.4 is 4.74 Å². The van der Waals surface area contributed by atoms with Gasteiger partial charge in [-0.2, -0.15) is 5.10 Å². The molecule has 114 valence electrons. The number of benzene rings is 1. The van der Waals surface area contributed by atoms with Crippen molar-refractivity contribution in [1.29, 1.82) is 0 Å². The maximum Gasteiger partial charge on any atom is 0.257 e. The van der Waals surface area contributed by atoms with E-state index < -0.39 is 0 Å². The summed E-state index contributed by atoms with van der Waals surface area (Å²) in [5, 5.41) is 13.5. The van der Waals surface area contributed by atoms with Gasteiger partial charge in [-0.1, -0.05) is 24.3 Å². The Bertz CT molecular complexity index is 708. The van der Waals surface area contributed by atoms with Gasteiger partial charge in [0.25, 0.3) is 5.91 Å². The van der Waals surface area contributed by atoms with Crippen LogP contribution in [0.25, 0.3) is 5.69 Å². The summed E-state index contributed by atoms with van der Waals surface area (Å²) in [6.07, 6.45) is 6.92. The number of methoxy groups -OCH3 is 1. The number of rotatable bonds is 4. The minimum absolute atomic E-state index is 0.0805. The van der Waals surface area contributed by atoms with Crippen LogP contribution in [0.2, 0.25) is 0 Å². The number of nitrogens with zero attached hydrogens (tertiary/aromatic N) is 3. The van der Waals surface area contributed by atoms with Gasteiger partial charge in [0, 0.05) is 12.7 Å². The Morgan fingerprint density at radius 2 is 2.27 bits per heavy atom. The lowest BCUT2D eigenvalue weighted by Gasteiger charge is -2.22. The zero-order valence-electron chi connectivity index (χ0n) is 12.2. The topological polar surface area (TPSA) is 67.6 Å². The standard InChI is InChI=1S/C16H17N3O3/c1-22-15-7-3-2-6-14(15)19-10-12(9-17-19)16(21)18-8-4-5-13(18)11-20/h2-7,9-10,13,20H,8,11H2,1H3/t13-/m1/s1. The van der Waals surface area contributed by atoms with Gasteiger partial charge < -0.3 is 14.7 Å². The molecule has 1 atom stereocenters. The molecule has 1 N–H and O–H groups in total. The molecule has 2 aromatic rings. The number of carbonyl (C=O) groups excluding carboxylic acids is 1. The molecule has 22 heavy (non-hydrogen) atoms. The van der Waals surface area contributed by atoms with E-state index in [1.54, 1.807) is 22.9 Å². The summed E-state index contributed by atoms with van der Waals surface area (Å²) in [6, 6.07) is 7.20. The summed E-state index contributed by atoms with van der Waals surface area (Å²) in [7, 11) is 1.59. The molecule has 0 fully saturated rings. The van der Waals surface area contributed by atoms with Crippen LogP contribution in [-0.4, -0.2) is 52.0 Å². The van der Waals surface area contributed by atoms with E-state index in [2.05, 4.69) is 5.10 Å². The second-order valence-corrected chi connectivity index (χ2v) is 4.98. The van der Waals surface area contributed by atoms with Crippen molar-refractivity contribution >= 4 is 5.91 Å². The summed E-state index contributed by atoms with van der Waals surface area (Å²) in [5.74, 6) is 0.533. The number of amides is 1. The molecule has 0 unspecified atom stereocenters. The monoisotopic (exact) mass is 299 g/mol. The second kappa shape index (κ2) is 6.03. The van der Waals surface area contributed by atoms with Gasteiger partial charge in [0.2, 0.25) is 0 Å². The van der Waals surface area contributed by atoms with Gasteiger partial charge in [0.05, 0.1) is 31.5 Å². The molecule has 0 radical (unpaired) electrons. The van der Waals surface area contributed by atoms with Crippen molar-refractivity contribution in [2.75, 3.05) is 20.3 Å². The normalized spacial score (nSPS) is 17.0. The Morgan fingerprint density at radius 1 is 1.45 bits per heavy atom. The van der Waals surface area contributed by atoms with E-state index in [4.69, 9.17) is 4.74 Å². The SMILES string of the molecule is COc1ccccc1-n1cc(C(=O)N2CC=C[C@@H]2CO)cn1. The lowest BCUT2D eigenvalue weighted by Crippen LogP contribution is -2.38. The average Bonchev–Trinajstić information content (AvgIpc) is 3.23. The maximum absolute atomic E-state index is 12.5. The lowest BCUT2D eigenvalue weighted by molar-refractivity contribution is 0.0700. The minimum atomic E-state index is -0.262. The predicted octanol–water partition coefficient (Wildman–Crippen LogP) is 1.25. The summed E-state index contributed by atoms with van der Waals surface area (Å²) in [6.45, 7) is 0.423. The highest BCUT2D eigenvalue weighted by Gasteiger charge is 2.26. The fraction of sp³-hybridized carbons (Fsp3) is 0.250. The van der Waals surface area contributed by atoms with Crippen LogP contribution in [0.1, 0.15) is 10.4 Å². The molecule has 1 aromatic heterocycles. The first kappa shape index (κ1) is 14.3. The molecule has 1 amide bonds. The number of carbonyl (C=O) groups is 1. The Labute approximate surface area is 128 Å². The van der Waals surface area contributed by atoms with E-state index in [1.807, 2.05) is 36.4 Å². The molecule has 6 heteroatoms. The lowest BCUT2D eigenvalue weighted by atomic mass is 10.2. The van der Waals surface area contributed by atoms with Crippen LogP contribution in [0.3, 0.4) is 0 Å². The largest absolute Gasteiger partial charge is 0.494 e. The van der Waals surface area contributed by atoms with Crippen LogP contribution in [-0.2, 0) is 0 Å². The quantitative estimate of drug-likeness (QED) is 0.863. The first-order valence-electron chi connectivity index (χ1n) is 7.01. The van der Waals surface area contributed by atoms with Crippen LogP contribution in [0, 0.1) is 0 Å². The van der Waals surface area contributed by atoms with Crippen molar-refractivity contribution in [3.05, 3.63) is 54.4 Å². The van der Waals surface area contributed by atoms with E-state index in [-0.39, 0.29) is 18.6 Å². The molecule has 0 saturated carbocycles. The first-order valence-corrected chi connectivity index (χ1v) is 7.01. The van der Waals surface area contributed by atoms with Gasteiger partial charge in [-0.15, -0.1) is 0 Å². The van der Waals surface area contributed by atoms with Crippen molar-refractivity contribution in [1.82, 2.24) is 14.7 Å². The molecule has 1 aliphatic rings. The van der Waals surface area contributed by atoms with Crippen LogP contribution >= 0.6 is 0 Å². The summed E-state index contributed by atoms with van der Waals surface area (Å²) >= 11 is 0. The molecule has 0 bridgehead atoms. The van der Waals surface area contributed by atoms with Crippen molar-refractivity contribution in [2.24, 2.45) is 0 Å². The molecule has 3 rings (SSSR count). The highest BCUT2D eigenvalue weighted by atomic mass is 16.5. The average molecular weight is 299 g/mol. The van der Waals surface area contributed by atoms with Gasteiger partial charge in [0.1, 0.15) is 11.4 Å². The zero-order valence-corrected chi connectivity index (χ0v) is 12.2. The van der Waals surface area contributed by atoms with E-state index in [1.165, 1.54) is 6.20 Å². The summed E-state index contributed by atoms with van der Waals surface area (Å²) < 4.78 is 6.92. The van der Waals surface area contributed by atoms with Crippen LogP contribution in [0.4, 0.5) is 0 Å². The first-order chi connectivity index (χ1) is 10.7. The second-order valence-electron chi connectivity index (χ2n) is 4.98. The molecular weight excluding hydrogens is 282 g/mol. The summed E-state index contributed by atoms with van der Waals surface area (Å²) in [5.41, 5.74) is 1.25. The zero-order chi connectivity index (χ0) is 15.5. The molecule has 1 aliphatic heterocycles. The molecule has 0 saturated heterocycles. The Balaban J connectivity index is 1.86. The van der Waals surface area contributed by atoms with Gasteiger partial charge in [0.15, 0.2) is 0 Å². The third-order valence-corrected chi connectivity index (χ3v) is 3.67. The number of aromatic nitrogens is 2. The third kappa shape index (κ3) is 2.48. The Hall–Kier alpha value is -2.60. The van der Waals surface area contributed by atoms with E-state index in [9.17, 15) is 9.90 Å². The fourth-order valence-electron chi connectivity index (χ4n) is 2.51. The van der Waals surface area contributed by atoms with Crippen molar-refractivity contribution < 1.29 is 14.6 Å². The van der Waals surface area contributed by atoms with Gasteiger partial charge in [-0.3, -0.25) is 4.79 Å². The van der Waals surface area contributed by atoms with Crippen molar-refractivity contribution in [2.45, 2.75) is 6.04 Å². The summed E-state index contributed by atoms with van der Waals surface area (Å²) in [4.78, 5) is 14.1. The van der Waals surface area contributed by atoms with Crippen LogP contribution in [0.15, 0.2) is 48.8 Å². The molecule has 0 aliphatic carbocycles. The number of aliphatic hydroxyl groups excluding tert-OH is 1. The molecule has 2 heterocycles. The van der Waals surface area contributed by atoms with Gasteiger partial charge in [-0.25, -0.2) is 4.68 Å². The highest BCUT2D eigenvalue weighted by Crippen LogP contribution is 2.22. The van der Waals surface area contributed by atoms with E-state index in [0.29, 0.717) is 17.9 Å². The number of aliphatic hydroxyl groups is 1. The van der Waals surface area contributed by atoms with Crippen molar-refractivity contribution in [3.8, 4) is 11.4 Å². The van der Waals surface area contributed by atoms with Gasteiger partial charge in [-0.05, 0) is 12.1 Å². The fourth-order valence-corrected chi connectivity index (χ4v) is 2.51. The molecule has 6 nitrogen and oxygen atoms in total. The number of hydrogen-bond acceptors (Lipinski definition) is 4. The highest BCUT2D eigenvalue weighted by molar-refractivity contribution is 5.94. The molecule has 0 spiro atoms. The minimum Gasteiger partial charge on any atom is -0.494 e. The van der Waals surface area contributed by atoms with Gasteiger partial charge >= 0.3 is 0 Å². The number of hydrogen-bond donors (Lipinski definition) is 1. The van der Waals surface area contributed by atoms with Crippen LogP contribution in [0.5, 0.6) is 5.75 Å². The third-order valence-electron chi connectivity index (χ3n) is 3.67. The smallest absolute Gasteiger partial charge is 0.257 e. The Kier molecular flexibility index (Phi) is 3.93.